The second-order valence-corrected chi connectivity index (χ2v) is 7.87. The van der Waals surface area contributed by atoms with Crippen LogP contribution in [-0.4, -0.2) is 10.8 Å². The molecule has 5 heteroatoms. The lowest BCUT2D eigenvalue weighted by molar-refractivity contribution is 0.412. The van der Waals surface area contributed by atoms with Crippen LogP contribution < -0.4 is 5.32 Å². The molecule has 0 saturated carbocycles. The second-order valence-electron chi connectivity index (χ2n) is 6.52. The monoisotopic (exact) mass is 440 g/mol. The summed E-state index contributed by atoms with van der Waals surface area (Å²) >= 11 is 9.53. The molecule has 136 valence electrons. The minimum Gasteiger partial charge on any atom is -0.508 e. The molecule has 0 amide bonds. The van der Waals surface area contributed by atoms with Gasteiger partial charge in [-0.1, -0.05) is 70.0 Å². The fraction of sp³-hybridized carbons (Fsp3) is 0.136. The number of rotatable bonds is 3. The Morgan fingerprint density at radius 2 is 1.67 bits per heavy atom. The first-order chi connectivity index (χ1) is 13.1. The van der Waals surface area contributed by atoms with E-state index in [4.69, 9.17) is 16.6 Å². The Bertz CT molecular complexity index is 970. The average molecular weight is 442 g/mol. The van der Waals surface area contributed by atoms with Gasteiger partial charge in [0.25, 0.3) is 0 Å². The van der Waals surface area contributed by atoms with Crippen molar-refractivity contribution in [3.63, 3.8) is 0 Å². The van der Waals surface area contributed by atoms with Crippen LogP contribution in [0.15, 0.2) is 82.3 Å². The van der Waals surface area contributed by atoms with E-state index in [-0.39, 0.29) is 12.2 Å². The highest BCUT2D eigenvalue weighted by Crippen LogP contribution is 2.34. The van der Waals surface area contributed by atoms with Gasteiger partial charge in [0.15, 0.2) is 0 Å². The molecular weight excluding hydrogens is 424 g/mol. The minimum atomic E-state index is -0.192. The van der Waals surface area contributed by atoms with Crippen LogP contribution in [0.3, 0.4) is 0 Å². The Morgan fingerprint density at radius 1 is 0.963 bits per heavy atom. The van der Waals surface area contributed by atoms with Crippen molar-refractivity contribution in [3.05, 3.63) is 99.0 Å². The van der Waals surface area contributed by atoms with Crippen LogP contribution in [0.1, 0.15) is 35.3 Å². The quantitative estimate of drug-likeness (QED) is 0.521. The van der Waals surface area contributed by atoms with Crippen molar-refractivity contribution in [2.24, 2.45) is 4.99 Å². The molecule has 1 heterocycles. The number of nitrogens with one attached hydrogen (secondary N) is 1. The van der Waals surface area contributed by atoms with Gasteiger partial charge in [-0.05, 0) is 41.5 Å². The molecule has 0 aliphatic carbocycles. The van der Waals surface area contributed by atoms with E-state index in [2.05, 4.69) is 33.4 Å². The highest BCUT2D eigenvalue weighted by atomic mass is 79.9. The molecular formula is C22H18BrClN2O. The van der Waals surface area contributed by atoms with Gasteiger partial charge in [0.2, 0.25) is 0 Å². The minimum absolute atomic E-state index is 0.0389. The van der Waals surface area contributed by atoms with Gasteiger partial charge in [-0.3, -0.25) is 10.3 Å². The predicted molar refractivity (Wildman–Crippen MR) is 113 cm³/mol. The molecule has 1 aliphatic heterocycles. The van der Waals surface area contributed by atoms with Crippen LogP contribution in [0.25, 0.3) is 0 Å². The van der Waals surface area contributed by atoms with Gasteiger partial charge in [0.1, 0.15) is 11.9 Å². The van der Waals surface area contributed by atoms with Gasteiger partial charge in [-0.15, -0.1) is 0 Å². The number of aliphatic imine (C=N–C) groups is 1. The van der Waals surface area contributed by atoms with Crippen molar-refractivity contribution < 1.29 is 5.11 Å². The zero-order valence-corrected chi connectivity index (χ0v) is 16.8. The Morgan fingerprint density at radius 3 is 2.37 bits per heavy atom. The van der Waals surface area contributed by atoms with Crippen LogP contribution in [0.5, 0.6) is 5.75 Å². The molecule has 0 bridgehead atoms. The molecule has 0 saturated heterocycles. The summed E-state index contributed by atoms with van der Waals surface area (Å²) in [6, 6.07) is 23.3. The van der Waals surface area contributed by atoms with Crippen molar-refractivity contribution in [2.75, 3.05) is 0 Å². The smallest absolute Gasteiger partial charge is 0.126 e. The fourth-order valence-corrected chi connectivity index (χ4v) is 3.71. The largest absolute Gasteiger partial charge is 0.508 e. The van der Waals surface area contributed by atoms with Gasteiger partial charge in [-0.2, -0.15) is 0 Å². The Kier molecular flexibility index (Phi) is 5.30. The molecule has 0 fully saturated rings. The van der Waals surface area contributed by atoms with Crippen molar-refractivity contribution in [3.8, 4) is 5.75 Å². The summed E-state index contributed by atoms with van der Waals surface area (Å²) in [5.41, 5.74) is 3.99. The van der Waals surface area contributed by atoms with E-state index < -0.39 is 0 Å². The Balaban J connectivity index is 1.75. The highest BCUT2D eigenvalue weighted by molar-refractivity contribution is 9.10. The Hall–Kier alpha value is -2.14. The zero-order chi connectivity index (χ0) is 18.8. The third kappa shape index (κ3) is 4.08. The molecule has 1 aliphatic rings. The van der Waals surface area contributed by atoms with Crippen LogP contribution in [0.4, 0.5) is 0 Å². The number of hydrogen-bond donors (Lipinski definition) is 2. The number of halogens is 2. The van der Waals surface area contributed by atoms with Gasteiger partial charge in [0.05, 0.1) is 0 Å². The van der Waals surface area contributed by atoms with Crippen LogP contribution in [-0.2, 0) is 0 Å². The SMILES string of the molecule is Oc1ccccc1[C@H]1CC(c2ccc(Cl)cc2)=N[C@H](c2ccc(Br)cc2)N1. The fourth-order valence-electron chi connectivity index (χ4n) is 3.32. The molecule has 0 radical (unpaired) electrons. The molecule has 0 spiro atoms. The highest BCUT2D eigenvalue weighted by Gasteiger charge is 2.27. The number of aromatic hydroxyl groups is 1. The predicted octanol–water partition coefficient (Wildman–Crippen LogP) is 6.03. The lowest BCUT2D eigenvalue weighted by atomic mass is 9.93. The number of phenolic OH excluding ortho intramolecular Hbond substituents is 1. The summed E-state index contributed by atoms with van der Waals surface area (Å²) in [5, 5.41) is 14.6. The number of benzene rings is 3. The molecule has 3 aromatic carbocycles. The van der Waals surface area contributed by atoms with Crippen molar-refractivity contribution in [1.29, 1.82) is 0 Å². The first kappa shape index (κ1) is 18.2. The van der Waals surface area contributed by atoms with Crippen LogP contribution >= 0.6 is 27.5 Å². The molecule has 0 unspecified atom stereocenters. The van der Waals surface area contributed by atoms with E-state index in [9.17, 15) is 5.11 Å². The lowest BCUT2D eigenvalue weighted by Crippen LogP contribution is -2.33. The molecule has 3 nitrogen and oxygen atoms in total. The van der Waals surface area contributed by atoms with E-state index in [0.717, 1.165) is 26.9 Å². The molecule has 2 atom stereocenters. The summed E-state index contributed by atoms with van der Waals surface area (Å²) < 4.78 is 1.03. The summed E-state index contributed by atoms with van der Waals surface area (Å²) in [6.45, 7) is 0. The van der Waals surface area contributed by atoms with E-state index in [1.807, 2.05) is 54.6 Å². The second kappa shape index (κ2) is 7.85. The maximum absolute atomic E-state index is 10.3. The first-order valence-electron chi connectivity index (χ1n) is 8.72. The molecule has 4 rings (SSSR count). The van der Waals surface area contributed by atoms with Gasteiger partial charge in [-0.25, -0.2) is 0 Å². The number of phenols is 1. The number of nitrogens with zero attached hydrogens (tertiary/aromatic N) is 1. The van der Waals surface area contributed by atoms with E-state index >= 15 is 0 Å². The van der Waals surface area contributed by atoms with Gasteiger partial charge < -0.3 is 5.11 Å². The van der Waals surface area contributed by atoms with Crippen molar-refractivity contribution in [1.82, 2.24) is 5.32 Å². The lowest BCUT2D eigenvalue weighted by Gasteiger charge is -2.31. The van der Waals surface area contributed by atoms with Crippen molar-refractivity contribution >= 4 is 33.2 Å². The summed E-state index contributed by atoms with van der Waals surface area (Å²) in [4.78, 5) is 4.95. The van der Waals surface area contributed by atoms with Gasteiger partial charge in [0, 0.05) is 33.2 Å². The van der Waals surface area contributed by atoms with Crippen molar-refractivity contribution in [2.45, 2.75) is 18.6 Å². The standard InChI is InChI=1S/C22H18BrClN2O/c23-16-9-5-15(6-10-16)22-25-19(14-7-11-17(24)12-8-14)13-20(26-22)18-3-1-2-4-21(18)27/h1-12,20,22,26-27H,13H2/t20-,22+/m1/s1. The molecule has 27 heavy (non-hydrogen) atoms. The Labute approximate surface area is 171 Å². The van der Waals surface area contributed by atoms with Crippen LogP contribution in [0, 0.1) is 0 Å². The average Bonchev–Trinajstić information content (AvgIpc) is 2.69. The number of para-hydroxylation sites is 1. The normalized spacial score (nSPS) is 19.6. The topological polar surface area (TPSA) is 44.6 Å². The molecule has 0 aromatic heterocycles. The van der Waals surface area contributed by atoms with Gasteiger partial charge >= 0.3 is 0 Å². The summed E-state index contributed by atoms with van der Waals surface area (Å²) in [7, 11) is 0. The molecule has 2 N–H and O–H groups in total. The maximum atomic E-state index is 10.3. The maximum Gasteiger partial charge on any atom is 0.126 e. The van der Waals surface area contributed by atoms with Crippen LogP contribution in [0.2, 0.25) is 5.02 Å². The summed E-state index contributed by atoms with van der Waals surface area (Å²) in [5.74, 6) is 0.293. The molecule has 3 aromatic rings. The third-order valence-corrected chi connectivity index (χ3v) is 5.50. The van der Waals surface area contributed by atoms with E-state index in [0.29, 0.717) is 17.2 Å². The first-order valence-corrected chi connectivity index (χ1v) is 9.89. The zero-order valence-electron chi connectivity index (χ0n) is 14.4. The number of hydrogen-bond acceptors (Lipinski definition) is 3. The van der Waals surface area contributed by atoms with E-state index in [1.54, 1.807) is 6.07 Å². The van der Waals surface area contributed by atoms with E-state index in [1.165, 1.54) is 0 Å². The summed E-state index contributed by atoms with van der Waals surface area (Å²) in [6.07, 6.45) is 0.494. The third-order valence-electron chi connectivity index (χ3n) is 4.72.